The lowest BCUT2D eigenvalue weighted by molar-refractivity contribution is -0.146. The van der Waals surface area contributed by atoms with Crippen LogP contribution in [0.15, 0.2) is 24.3 Å². The van der Waals surface area contributed by atoms with Gasteiger partial charge < -0.3 is 20.1 Å². The van der Waals surface area contributed by atoms with Crippen molar-refractivity contribution in [3.63, 3.8) is 0 Å². The van der Waals surface area contributed by atoms with E-state index in [2.05, 4.69) is 20.1 Å². The van der Waals surface area contributed by atoms with Gasteiger partial charge in [-0.15, -0.1) is 0 Å². The molecule has 0 aliphatic carbocycles. The van der Waals surface area contributed by atoms with Crippen LogP contribution >= 0.6 is 0 Å². The van der Waals surface area contributed by atoms with E-state index in [0.29, 0.717) is 0 Å². The number of carbonyl (C=O) groups excluding carboxylic acids is 3. The Bertz CT molecular complexity index is 554. The van der Waals surface area contributed by atoms with E-state index in [-0.39, 0.29) is 11.3 Å². The molecule has 1 aromatic rings. The van der Waals surface area contributed by atoms with Gasteiger partial charge in [-0.25, -0.2) is 14.4 Å². The minimum atomic E-state index is -1.20. The van der Waals surface area contributed by atoms with Crippen molar-refractivity contribution < 1.29 is 23.9 Å². The van der Waals surface area contributed by atoms with Crippen molar-refractivity contribution in [2.24, 2.45) is 0 Å². The zero-order valence-corrected chi connectivity index (χ0v) is 12.4. The summed E-state index contributed by atoms with van der Waals surface area (Å²) in [4.78, 5) is 35.0. The quantitative estimate of drug-likeness (QED) is 0.822. The molecule has 0 bridgehead atoms. The van der Waals surface area contributed by atoms with Gasteiger partial charge in [0.1, 0.15) is 5.54 Å². The Hall–Kier alpha value is -2.57. The van der Waals surface area contributed by atoms with Crippen molar-refractivity contribution in [3.05, 3.63) is 29.8 Å². The number of methoxy groups -OCH3 is 2. The van der Waals surface area contributed by atoms with Gasteiger partial charge in [-0.05, 0) is 26.0 Å². The molecule has 21 heavy (non-hydrogen) atoms. The second kappa shape index (κ2) is 6.74. The Kier molecular flexibility index (Phi) is 5.29. The summed E-state index contributed by atoms with van der Waals surface area (Å²) in [5, 5.41) is 4.97. The third-order valence-corrected chi connectivity index (χ3v) is 2.70. The van der Waals surface area contributed by atoms with Crippen LogP contribution in [0.1, 0.15) is 24.2 Å². The van der Waals surface area contributed by atoms with Crippen LogP contribution in [-0.2, 0) is 14.3 Å². The molecule has 7 heteroatoms. The second-order valence-electron chi connectivity index (χ2n) is 4.73. The number of rotatable bonds is 4. The van der Waals surface area contributed by atoms with Gasteiger partial charge in [0.15, 0.2) is 0 Å². The highest BCUT2D eigenvalue weighted by Gasteiger charge is 2.30. The van der Waals surface area contributed by atoms with Gasteiger partial charge >= 0.3 is 18.0 Å². The van der Waals surface area contributed by atoms with Crippen LogP contribution in [0, 0.1) is 0 Å². The molecule has 0 saturated heterocycles. The zero-order valence-electron chi connectivity index (χ0n) is 12.4. The van der Waals surface area contributed by atoms with Gasteiger partial charge in [0.25, 0.3) is 0 Å². The monoisotopic (exact) mass is 294 g/mol. The maximum atomic E-state index is 11.9. The Morgan fingerprint density at radius 1 is 1.05 bits per heavy atom. The van der Waals surface area contributed by atoms with Crippen LogP contribution in [0.2, 0.25) is 0 Å². The average Bonchev–Trinajstić information content (AvgIpc) is 2.45. The Morgan fingerprint density at radius 3 is 2.24 bits per heavy atom. The summed E-state index contributed by atoms with van der Waals surface area (Å²) in [7, 11) is 2.48. The van der Waals surface area contributed by atoms with E-state index in [4.69, 9.17) is 0 Å². The first-order valence-corrected chi connectivity index (χ1v) is 6.16. The molecule has 0 aliphatic rings. The standard InChI is InChI=1S/C14H18N2O5/c1-14(2,12(18)21-4)16-13(19)15-10-8-6-5-7-9(10)11(17)20-3/h5-8H,1-4H3,(H2,15,16,19). The molecule has 0 radical (unpaired) electrons. The molecule has 2 amide bonds. The molecule has 0 aromatic heterocycles. The molecule has 0 fully saturated rings. The molecule has 1 rings (SSSR count). The van der Waals surface area contributed by atoms with Gasteiger partial charge in [-0.3, -0.25) is 0 Å². The van der Waals surface area contributed by atoms with Crippen molar-refractivity contribution in [3.8, 4) is 0 Å². The molecule has 0 unspecified atom stereocenters. The van der Waals surface area contributed by atoms with Crippen molar-refractivity contribution in [1.82, 2.24) is 5.32 Å². The number of para-hydroxylation sites is 1. The van der Waals surface area contributed by atoms with E-state index in [9.17, 15) is 14.4 Å². The maximum absolute atomic E-state index is 11.9. The number of urea groups is 1. The Balaban J connectivity index is 2.85. The molecule has 114 valence electrons. The minimum Gasteiger partial charge on any atom is -0.467 e. The summed E-state index contributed by atoms with van der Waals surface area (Å²) in [5.74, 6) is -1.16. The lowest BCUT2D eigenvalue weighted by atomic mass is 10.1. The van der Waals surface area contributed by atoms with Crippen molar-refractivity contribution >= 4 is 23.7 Å². The van der Waals surface area contributed by atoms with Crippen molar-refractivity contribution in [2.45, 2.75) is 19.4 Å². The fourth-order valence-corrected chi connectivity index (χ4v) is 1.62. The highest BCUT2D eigenvalue weighted by atomic mass is 16.5. The number of hydrogen-bond donors (Lipinski definition) is 2. The largest absolute Gasteiger partial charge is 0.467 e. The van der Waals surface area contributed by atoms with Gasteiger partial charge in [0, 0.05) is 0 Å². The van der Waals surface area contributed by atoms with Crippen molar-refractivity contribution in [1.29, 1.82) is 0 Å². The first-order valence-electron chi connectivity index (χ1n) is 6.16. The first kappa shape index (κ1) is 16.5. The SMILES string of the molecule is COC(=O)c1ccccc1NC(=O)NC(C)(C)C(=O)OC. The fraction of sp³-hybridized carbons (Fsp3) is 0.357. The summed E-state index contributed by atoms with van der Waals surface area (Å²) in [5.41, 5.74) is -0.701. The molecule has 7 nitrogen and oxygen atoms in total. The molecule has 0 atom stereocenters. The van der Waals surface area contributed by atoms with Crippen LogP contribution < -0.4 is 10.6 Å². The highest BCUT2D eigenvalue weighted by molar-refractivity contribution is 6.01. The van der Waals surface area contributed by atoms with E-state index >= 15 is 0 Å². The molecule has 0 saturated carbocycles. The Labute approximate surface area is 122 Å². The number of benzene rings is 1. The van der Waals surface area contributed by atoms with E-state index in [1.807, 2.05) is 0 Å². The zero-order chi connectivity index (χ0) is 16.0. The Morgan fingerprint density at radius 2 is 1.67 bits per heavy atom. The van der Waals surface area contributed by atoms with E-state index in [1.165, 1.54) is 34.1 Å². The van der Waals surface area contributed by atoms with Gasteiger partial charge in [0.2, 0.25) is 0 Å². The molecule has 0 aliphatic heterocycles. The highest BCUT2D eigenvalue weighted by Crippen LogP contribution is 2.16. The number of esters is 2. The molecular weight excluding hydrogens is 276 g/mol. The third-order valence-electron chi connectivity index (χ3n) is 2.70. The number of carbonyl (C=O) groups is 3. The summed E-state index contributed by atoms with van der Waals surface area (Å²) >= 11 is 0. The normalized spacial score (nSPS) is 10.5. The van der Waals surface area contributed by atoms with Crippen molar-refractivity contribution in [2.75, 3.05) is 19.5 Å². The van der Waals surface area contributed by atoms with Crippen LogP contribution in [0.5, 0.6) is 0 Å². The molecule has 2 N–H and O–H groups in total. The second-order valence-corrected chi connectivity index (χ2v) is 4.73. The van der Waals surface area contributed by atoms with Gasteiger partial charge in [-0.1, -0.05) is 12.1 Å². The molecule has 0 spiro atoms. The van der Waals surface area contributed by atoms with E-state index in [0.717, 1.165) is 0 Å². The summed E-state index contributed by atoms with van der Waals surface area (Å²) in [6, 6.07) is 5.74. The molecule has 1 aromatic carbocycles. The predicted molar refractivity (Wildman–Crippen MR) is 76.0 cm³/mol. The van der Waals surface area contributed by atoms with Gasteiger partial charge in [0.05, 0.1) is 25.5 Å². The third kappa shape index (κ3) is 4.20. The van der Waals surface area contributed by atoms with Crippen LogP contribution in [-0.4, -0.2) is 37.7 Å². The predicted octanol–water partition coefficient (Wildman–Crippen LogP) is 1.55. The minimum absolute atomic E-state index is 0.214. The molecular formula is C14H18N2O5. The van der Waals surface area contributed by atoms with E-state index < -0.39 is 23.5 Å². The lowest BCUT2D eigenvalue weighted by Crippen LogP contribution is -2.51. The number of anilines is 1. The number of amides is 2. The van der Waals surface area contributed by atoms with Gasteiger partial charge in [-0.2, -0.15) is 0 Å². The average molecular weight is 294 g/mol. The fourth-order valence-electron chi connectivity index (χ4n) is 1.62. The summed E-state index contributed by atoms with van der Waals surface area (Å²) < 4.78 is 9.22. The topological polar surface area (TPSA) is 93.7 Å². The lowest BCUT2D eigenvalue weighted by Gasteiger charge is -2.23. The number of ether oxygens (including phenoxy) is 2. The van der Waals surface area contributed by atoms with Crippen LogP contribution in [0.25, 0.3) is 0 Å². The number of hydrogen-bond acceptors (Lipinski definition) is 5. The number of nitrogens with one attached hydrogen (secondary N) is 2. The summed E-state index contributed by atoms with van der Waals surface area (Å²) in [6.45, 7) is 3.01. The van der Waals surface area contributed by atoms with Crippen LogP contribution in [0.3, 0.4) is 0 Å². The summed E-state index contributed by atoms with van der Waals surface area (Å²) in [6.07, 6.45) is 0. The smallest absolute Gasteiger partial charge is 0.339 e. The first-order chi connectivity index (χ1) is 9.81. The van der Waals surface area contributed by atoms with Crippen LogP contribution in [0.4, 0.5) is 10.5 Å². The molecule has 0 heterocycles. The van der Waals surface area contributed by atoms with E-state index in [1.54, 1.807) is 18.2 Å². The maximum Gasteiger partial charge on any atom is 0.339 e.